The second-order valence-electron chi connectivity index (χ2n) is 6.56. The van der Waals surface area contributed by atoms with Crippen LogP contribution in [0.25, 0.3) is 0 Å². The van der Waals surface area contributed by atoms with Crippen LogP contribution in [-0.2, 0) is 19.6 Å². The lowest BCUT2D eigenvalue weighted by Crippen LogP contribution is -2.31. The fourth-order valence-electron chi connectivity index (χ4n) is 2.76. The fraction of sp³-hybridized carbons (Fsp3) is 0.333. The maximum atomic E-state index is 12.8. The summed E-state index contributed by atoms with van der Waals surface area (Å²) in [6, 6.07) is 11.5. The molecule has 2 aromatic carbocycles. The number of carbonyl (C=O) groups is 2. The van der Waals surface area contributed by atoms with E-state index in [0.29, 0.717) is 29.9 Å². The van der Waals surface area contributed by atoms with Crippen LogP contribution >= 0.6 is 0 Å². The normalized spacial score (nSPS) is 11.3. The third kappa shape index (κ3) is 5.65. The number of amides is 1. The van der Waals surface area contributed by atoms with Crippen LogP contribution in [0.2, 0.25) is 0 Å². The van der Waals surface area contributed by atoms with E-state index in [9.17, 15) is 18.0 Å². The van der Waals surface area contributed by atoms with Crippen LogP contribution in [0.4, 0.5) is 5.69 Å². The standard InChI is InChI=1S/C21H26N2O5S/c1-5-23(6-2)29(26,27)19-13-18(12-9-16(19)4)22-20(24)14-28-21(25)17-10-7-15(3)8-11-17/h7-13H,5-6,14H2,1-4H3,(H,22,24). The predicted octanol–water partition coefficient (Wildman–Crippen LogP) is 3.13. The van der Waals surface area contributed by atoms with Crippen molar-refractivity contribution in [2.24, 2.45) is 0 Å². The van der Waals surface area contributed by atoms with Gasteiger partial charge in [-0.15, -0.1) is 0 Å². The van der Waals surface area contributed by atoms with Crippen LogP contribution in [0, 0.1) is 13.8 Å². The predicted molar refractivity (Wildman–Crippen MR) is 111 cm³/mol. The van der Waals surface area contributed by atoms with Gasteiger partial charge in [-0.3, -0.25) is 4.79 Å². The minimum atomic E-state index is -3.66. The number of hydrogen-bond donors (Lipinski definition) is 1. The number of nitrogens with zero attached hydrogens (tertiary/aromatic N) is 1. The molecule has 0 aliphatic heterocycles. The van der Waals surface area contributed by atoms with Gasteiger partial charge in [0.1, 0.15) is 0 Å². The van der Waals surface area contributed by atoms with E-state index < -0.39 is 28.5 Å². The number of esters is 1. The lowest BCUT2D eigenvalue weighted by atomic mass is 10.1. The van der Waals surface area contributed by atoms with Crippen molar-refractivity contribution in [2.75, 3.05) is 25.0 Å². The molecular formula is C21H26N2O5S. The van der Waals surface area contributed by atoms with Crippen molar-refractivity contribution in [2.45, 2.75) is 32.6 Å². The van der Waals surface area contributed by atoms with Gasteiger partial charge in [-0.1, -0.05) is 37.6 Å². The van der Waals surface area contributed by atoms with Crippen molar-refractivity contribution < 1.29 is 22.7 Å². The van der Waals surface area contributed by atoms with Gasteiger partial charge < -0.3 is 10.1 Å². The lowest BCUT2D eigenvalue weighted by molar-refractivity contribution is -0.119. The molecule has 0 saturated carbocycles. The molecule has 0 aliphatic rings. The van der Waals surface area contributed by atoms with E-state index in [0.717, 1.165) is 5.56 Å². The average molecular weight is 419 g/mol. The SMILES string of the molecule is CCN(CC)S(=O)(=O)c1cc(NC(=O)COC(=O)c2ccc(C)cc2)ccc1C. The van der Waals surface area contributed by atoms with Crippen molar-refractivity contribution in [3.05, 3.63) is 59.2 Å². The molecule has 0 unspecified atom stereocenters. The summed E-state index contributed by atoms with van der Waals surface area (Å²) in [6.07, 6.45) is 0. The molecule has 0 aromatic heterocycles. The smallest absolute Gasteiger partial charge is 0.338 e. The Morgan fingerprint density at radius 2 is 1.62 bits per heavy atom. The number of carbonyl (C=O) groups excluding carboxylic acids is 2. The van der Waals surface area contributed by atoms with E-state index in [1.165, 1.54) is 10.4 Å². The maximum Gasteiger partial charge on any atom is 0.338 e. The number of rotatable bonds is 8. The van der Waals surface area contributed by atoms with Gasteiger partial charge in [0.25, 0.3) is 5.91 Å². The molecule has 29 heavy (non-hydrogen) atoms. The summed E-state index contributed by atoms with van der Waals surface area (Å²) < 4.78 is 32.0. The maximum absolute atomic E-state index is 12.8. The van der Waals surface area contributed by atoms with Crippen molar-refractivity contribution in [1.82, 2.24) is 4.31 Å². The summed E-state index contributed by atoms with van der Waals surface area (Å²) >= 11 is 0. The van der Waals surface area contributed by atoms with Gasteiger partial charge >= 0.3 is 5.97 Å². The van der Waals surface area contributed by atoms with Crippen LogP contribution < -0.4 is 5.32 Å². The van der Waals surface area contributed by atoms with E-state index in [1.807, 2.05) is 6.92 Å². The Balaban J connectivity index is 2.07. The van der Waals surface area contributed by atoms with E-state index in [2.05, 4.69) is 5.32 Å². The number of anilines is 1. The molecule has 0 bridgehead atoms. The Morgan fingerprint density at radius 1 is 1.00 bits per heavy atom. The Kier molecular flexibility index (Phi) is 7.53. The van der Waals surface area contributed by atoms with Crippen LogP contribution in [0.1, 0.15) is 35.3 Å². The summed E-state index contributed by atoms with van der Waals surface area (Å²) in [6.45, 7) is 7.37. The first-order chi connectivity index (χ1) is 13.7. The van der Waals surface area contributed by atoms with Gasteiger partial charge in [0, 0.05) is 18.8 Å². The number of aryl methyl sites for hydroxylation is 2. The fourth-order valence-corrected chi connectivity index (χ4v) is 4.47. The second-order valence-corrected chi connectivity index (χ2v) is 8.47. The van der Waals surface area contributed by atoms with E-state index >= 15 is 0 Å². The average Bonchev–Trinajstić information content (AvgIpc) is 2.68. The summed E-state index contributed by atoms with van der Waals surface area (Å²) in [5.41, 5.74) is 2.26. The lowest BCUT2D eigenvalue weighted by Gasteiger charge is -2.20. The molecule has 0 aliphatic carbocycles. The zero-order valence-corrected chi connectivity index (χ0v) is 17.9. The number of nitrogens with one attached hydrogen (secondary N) is 1. The molecule has 0 saturated heterocycles. The van der Waals surface area contributed by atoms with Crippen molar-refractivity contribution in [1.29, 1.82) is 0 Å². The summed E-state index contributed by atoms with van der Waals surface area (Å²) in [5.74, 6) is -1.16. The van der Waals surface area contributed by atoms with Gasteiger partial charge in [0.15, 0.2) is 6.61 Å². The molecule has 7 nitrogen and oxygen atoms in total. The Labute approximate surface area is 171 Å². The molecule has 0 atom stereocenters. The van der Waals surface area contributed by atoms with Crippen LogP contribution in [0.5, 0.6) is 0 Å². The number of ether oxygens (including phenoxy) is 1. The van der Waals surface area contributed by atoms with Crippen molar-refractivity contribution in [3.63, 3.8) is 0 Å². The molecule has 0 fully saturated rings. The third-order valence-corrected chi connectivity index (χ3v) is 6.61. The van der Waals surface area contributed by atoms with Gasteiger partial charge in [0.2, 0.25) is 10.0 Å². The minimum Gasteiger partial charge on any atom is -0.452 e. The molecule has 2 rings (SSSR count). The van der Waals surface area contributed by atoms with E-state index in [4.69, 9.17) is 4.74 Å². The number of hydrogen-bond acceptors (Lipinski definition) is 5. The van der Waals surface area contributed by atoms with E-state index in [1.54, 1.807) is 57.2 Å². The van der Waals surface area contributed by atoms with Gasteiger partial charge in [-0.05, 0) is 43.7 Å². The number of sulfonamides is 1. The molecule has 1 N–H and O–H groups in total. The molecule has 8 heteroatoms. The number of benzene rings is 2. The monoisotopic (exact) mass is 418 g/mol. The minimum absolute atomic E-state index is 0.135. The summed E-state index contributed by atoms with van der Waals surface area (Å²) in [7, 11) is -3.66. The molecule has 0 radical (unpaired) electrons. The highest BCUT2D eigenvalue weighted by molar-refractivity contribution is 7.89. The zero-order valence-electron chi connectivity index (χ0n) is 17.1. The van der Waals surface area contributed by atoms with Crippen LogP contribution in [0.15, 0.2) is 47.4 Å². The Morgan fingerprint density at radius 3 is 2.21 bits per heavy atom. The summed E-state index contributed by atoms with van der Waals surface area (Å²) in [5, 5.41) is 2.57. The first kappa shape index (κ1) is 22.6. The second kappa shape index (κ2) is 9.67. The quantitative estimate of drug-likeness (QED) is 0.665. The highest BCUT2D eigenvalue weighted by atomic mass is 32.2. The Bertz CT molecular complexity index is 981. The van der Waals surface area contributed by atoms with Crippen LogP contribution in [-0.4, -0.2) is 44.3 Å². The highest BCUT2D eigenvalue weighted by Gasteiger charge is 2.24. The third-order valence-electron chi connectivity index (χ3n) is 4.42. The molecule has 1 amide bonds. The molecule has 0 heterocycles. The molecule has 0 spiro atoms. The van der Waals surface area contributed by atoms with Gasteiger partial charge in [-0.25, -0.2) is 13.2 Å². The largest absolute Gasteiger partial charge is 0.452 e. The summed E-state index contributed by atoms with van der Waals surface area (Å²) in [4.78, 5) is 24.3. The zero-order chi connectivity index (χ0) is 21.6. The first-order valence-electron chi connectivity index (χ1n) is 9.33. The molecule has 2 aromatic rings. The van der Waals surface area contributed by atoms with E-state index in [-0.39, 0.29) is 4.90 Å². The molecular weight excluding hydrogens is 392 g/mol. The highest BCUT2D eigenvalue weighted by Crippen LogP contribution is 2.23. The van der Waals surface area contributed by atoms with Crippen LogP contribution in [0.3, 0.4) is 0 Å². The van der Waals surface area contributed by atoms with Gasteiger partial charge in [-0.2, -0.15) is 4.31 Å². The first-order valence-corrected chi connectivity index (χ1v) is 10.8. The Hall–Kier alpha value is -2.71. The van der Waals surface area contributed by atoms with Crippen molar-refractivity contribution in [3.8, 4) is 0 Å². The topological polar surface area (TPSA) is 92.8 Å². The van der Waals surface area contributed by atoms with Gasteiger partial charge in [0.05, 0.1) is 10.5 Å². The van der Waals surface area contributed by atoms with Crippen molar-refractivity contribution >= 4 is 27.6 Å². The molecule has 156 valence electrons.